The standard InChI is InChI=1S/C19H26N4O2S/c1-14-4-6-16(7-5-14)25-12-17-20-21-19(22(17)3)26-13-18(24)23-10-8-15(2)9-11-23/h4-7,15H,8-13H2,1-3H3. The Kier molecular flexibility index (Phi) is 6.19. The number of likely N-dealkylation sites (tertiary alicyclic amines) is 1. The van der Waals surface area contributed by atoms with Crippen LogP contribution in [0.1, 0.15) is 31.2 Å². The Bertz CT molecular complexity index is 736. The predicted octanol–water partition coefficient (Wildman–Crippen LogP) is 3.05. The molecule has 140 valence electrons. The monoisotopic (exact) mass is 374 g/mol. The Morgan fingerprint density at radius 3 is 2.62 bits per heavy atom. The molecule has 1 saturated heterocycles. The van der Waals surface area contributed by atoms with Gasteiger partial charge < -0.3 is 14.2 Å². The van der Waals surface area contributed by atoms with E-state index in [1.54, 1.807) is 0 Å². The summed E-state index contributed by atoms with van der Waals surface area (Å²) in [7, 11) is 1.91. The van der Waals surface area contributed by atoms with Crippen LogP contribution in [0.2, 0.25) is 0 Å². The zero-order valence-corrected chi connectivity index (χ0v) is 16.5. The number of hydrogen-bond acceptors (Lipinski definition) is 5. The van der Waals surface area contributed by atoms with Crippen LogP contribution in [0.3, 0.4) is 0 Å². The minimum Gasteiger partial charge on any atom is -0.486 e. The van der Waals surface area contributed by atoms with E-state index in [0.29, 0.717) is 12.4 Å². The van der Waals surface area contributed by atoms with Crippen LogP contribution in [-0.4, -0.2) is 44.4 Å². The highest BCUT2D eigenvalue weighted by Crippen LogP contribution is 2.20. The van der Waals surface area contributed by atoms with Gasteiger partial charge in [-0.3, -0.25) is 4.79 Å². The third-order valence-corrected chi connectivity index (χ3v) is 5.78. The van der Waals surface area contributed by atoms with Crippen molar-refractivity contribution in [1.29, 1.82) is 0 Å². The lowest BCUT2D eigenvalue weighted by atomic mass is 9.99. The molecule has 7 heteroatoms. The van der Waals surface area contributed by atoms with Crippen molar-refractivity contribution in [3.05, 3.63) is 35.7 Å². The average molecular weight is 375 g/mol. The lowest BCUT2D eigenvalue weighted by Crippen LogP contribution is -2.38. The highest BCUT2D eigenvalue weighted by atomic mass is 32.2. The van der Waals surface area contributed by atoms with Gasteiger partial charge in [0.2, 0.25) is 5.91 Å². The fraction of sp³-hybridized carbons (Fsp3) is 0.526. The van der Waals surface area contributed by atoms with E-state index >= 15 is 0 Å². The number of carbonyl (C=O) groups is 1. The van der Waals surface area contributed by atoms with Gasteiger partial charge in [-0.25, -0.2) is 0 Å². The molecule has 0 bridgehead atoms. The maximum Gasteiger partial charge on any atom is 0.233 e. The first-order valence-electron chi connectivity index (χ1n) is 9.01. The number of piperidine rings is 1. The Hall–Kier alpha value is -2.02. The molecule has 0 spiro atoms. The molecule has 1 aliphatic heterocycles. The molecule has 0 saturated carbocycles. The van der Waals surface area contributed by atoms with Crippen molar-refractivity contribution in [1.82, 2.24) is 19.7 Å². The number of amides is 1. The van der Waals surface area contributed by atoms with Gasteiger partial charge in [-0.2, -0.15) is 0 Å². The fourth-order valence-corrected chi connectivity index (χ4v) is 3.69. The molecule has 3 rings (SSSR count). The number of nitrogens with zero attached hydrogens (tertiary/aromatic N) is 4. The molecular weight excluding hydrogens is 348 g/mol. The zero-order valence-electron chi connectivity index (χ0n) is 15.6. The molecule has 1 aromatic heterocycles. The molecule has 0 atom stereocenters. The molecule has 0 unspecified atom stereocenters. The van der Waals surface area contributed by atoms with E-state index in [4.69, 9.17) is 4.74 Å². The number of aryl methyl sites for hydroxylation is 1. The summed E-state index contributed by atoms with van der Waals surface area (Å²) in [5.41, 5.74) is 1.20. The first kappa shape index (κ1) is 18.8. The van der Waals surface area contributed by atoms with E-state index < -0.39 is 0 Å². The minimum absolute atomic E-state index is 0.183. The number of ether oxygens (including phenoxy) is 1. The normalized spacial score (nSPS) is 15.3. The van der Waals surface area contributed by atoms with Crippen LogP contribution in [0.4, 0.5) is 0 Å². The summed E-state index contributed by atoms with van der Waals surface area (Å²) in [6.45, 7) is 6.38. The van der Waals surface area contributed by atoms with E-state index in [9.17, 15) is 4.79 Å². The van der Waals surface area contributed by atoms with Crippen LogP contribution in [0.25, 0.3) is 0 Å². The van der Waals surface area contributed by atoms with Crippen molar-refractivity contribution in [3.63, 3.8) is 0 Å². The highest BCUT2D eigenvalue weighted by Gasteiger charge is 2.21. The van der Waals surface area contributed by atoms with E-state index in [1.807, 2.05) is 47.7 Å². The summed E-state index contributed by atoms with van der Waals surface area (Å²) in [5.74, 6) is 2.86. The van der Waals surface area contributed by atoms with Crippen molar-refractivity contribution in [2.75, 3.05) is 18.8 Å². The molecule has 1 aromatic carbocycles. The molecule has 0 radical (unpaired) electrons. The number of hydrogen-bond donors (Lipinski definition) is 0. The van der Waals surface area contributed by atoms with Gasteiger partial charge in [0.25, 0.3) is 0 Å². The second-order valence-electron chi connectivity index (χ2n) is 6.91. The van der Waals surface area contributed by atoms with Crippen molar-refractivity contribution >= 4 is 17.7 Å². The van der Waals surface area contributed by atoms with Crippen LogP contribution < -0.4 is 4.74 Å². The van der Waals surface area contributed by atoms with Gasteiger partial charge in [0.1, 0.15) is 12.4 Å². The quantitative estimate of drug-likeness (QED) is 0.727. The average Bonchev–Trinajstić information content (AvgIpc) is 3.00. The summed E-state index contributed by atoms with van der Waals surface area (Å²) in [5, 5.41) is 9.13. The summed E-state index contributed by atoms with van der Waals surface area (Å²) >= 11 is 1.44. The third-order valence-electron chi connectivity index (χ3n) is 4.78. The number of carbonyl (C=O) groups excluding carboxylic acids is 1. The van der Waals surface area contributed by atoms with Crippen LogP contribution in [0, 0.1) is 12.8 Å². The van der Waals surface area contributed by atoms with Crippen molar-refractivity contribution in [2.24, 2.45) is 13.0 Å². The van der Waals surface area contributed by atoms with Crippen LogP contribution in [0.15, 0.2) is 29.4 Å². The first-order chi connectivity index (χ1) is 12.5. The Morgan fingerprint density at radius 1 is 1.23 bits per heavy atom. The van der Waals surface area contributed by atoms with Crippen molar-refractivity contribution in [3.8, 4) is 5.75 Å². The third kappa shape index (κ3) is 4.78. The number of aromatic nitrogens is 3. The van der Waals surface area contributed by atoms with Gasteiger partial charge in [-0.05, 0) is 37.8 Å². The van der Waals surface area contributed by atoms with Gasteiger partial charge in [0, 0.05) is 20.1 Å². The van der Waals surface area contributed by atoms with Gasteiger partial charge in [0.15, 0.2) is 11.0 Å². The number of thioether (sulfide) groups is 1. The fourth-order valence-electron chi connectivity index (χ4n) is 2.85. The largest absolute Gasteiger partial charge is 0.486 e. The molecule has 0 aliphatic carbocycles. The summed E-state index contributed by atoms with van der Waals surface area (Å²) in [6, 6.07) is 7.92. The molecule has 1 amide bonds. The molecule has 1 aliphatic rings. The second kappa shape index (κ2) is 8.58. The highest BCUT2D eigenvalue weighted by molar-refractivity contribution is 7.99. The minimum atomic E-state index is 0.183. The lowest BCUT2D eigenvalue weighted by molar-refractivity contribution is -0.129. The molecule has 0 N–H and O–H groups in total. The first-order valence-corrected chi connectivity index (χ1v) is 10.00. The molecular formula is C19H26N4O2S. The Morgan fingerprint density at radius 2 is 1.92 bits per heavy atom. The van der Waals surface area contributed by atoms with E-state index in [1.165, 1.54) is 17.3 Å². The van der Waals surface area contributed by atoms with Crippen LogP contribution >= 0.6 is 11.8 Å². The van der Waals surface area contributed by atoms with Crippen LogP contribution in [-0.2, 0) is 18.4 Å². The SMILES string of the molecule is Cc1ccc(OCc2nnc(SCC(=O)N3CCC(C)CC3)n2C)cc1. The molecule has 1 fully saturated rings. The summed E-state index contributed by atoms with van der Waals surface area (Å²) < 4.78 is 7.66. The van der Waals surface area contributed by atoms with E-state index in [-0.39, 0.29) is 5.91 Å². The Balaban J connectivity index is 1.50. The van der Waals surface area contributed by atoms with Gasteiger partial charge in [0.05, 0.1) is 5.75 Å². The molecule has 26 heavy (non-hydrogen) atoms. The van der Waals surface area contributed by atoms with Crippen molar-refractivity contribution in [2.45, 2.75) is 38.5 Å². The number of benzene rings is 1. The van der Waals surface area contributed by atoms with Gasteiger partial charge in [-0.1, -0.05) is 36.4 Å². The van der Waals surface area contributed by atoms with E-state index in [0.717, 1.165) is 48.6 Å². The molecule has 2 heterocycles. The topological polar surface area (TPSA) is 60.3 Å². The lowest BCUT2D eigenvalue weighted by Gasteiger charge is -2.30. The Labute approximate surface area is 158 Å². The van der Waals surface area contributed by atoms with Gasteiger partial charge in [-0.15, -0.1) is 10.2 Å². The summed E-state index contributed by atoms with van der Waals surface area (Å²) in [6.07, 6.45) is 2.20. The number of rotatable bonds is 6. The van der Waals surface area contributed by atoms with Crippen LogP contribution in [0.5, 0.6) is 5.75 Å². The predicted molar refractivity (Wildman–Crippen MR) is 102 cm³/mol. The summed E-state index contributed by atoms with van der Waals surface area (Å²) in [4.78, 5) is 14.3. The smallest absolute Gasteiger partial charge is 0.233 e. The molecule has 6 nitrogen and oxygen atoms in total. The second-order valence-corrected chi connectivity index (χ2v) is 7.85. The zero-order chi connectivity index (χ0) is 18.5. The van der Waals surface area contributed by atoms with Crippen molar-refractivity contribution < 1.29 is 9.53 Å². The molecule has 2 aromatic rings. The maximum absolute atomic E-state index is 12.4. The maximum atomic E-state index is 12.4. The van der Waals surface area contributed by atoms with E-state index in [2.05, 4.69) is 17.1 Å². The van der Waals surface area contributed by atoms with Gasteiger partial charge >= 0.3 is 0 Å².